The Morgan fingerprint density at radius 3 is 2.68 bits per heavy atom. The van der Waals surface area contributed by atoms with Crippen LogP contribution in [0.25, 0.3) is 0 Å². The molecule has 1 aliphatic heterocycles. The smallest absolute Gasteiger partial charge is 0.00224 e. The molecule has 2 unspecified atom stereocenters. The Bertz CT molecular complexity index is 215. The fraction of sp³-hybridized carbons (Fsp3) is 1.00. The van der Waals surface area contributed by atoms with Gasteiger partial charge in [-0.2, -0.15) is 0 Å². The van der Waals surface area contributed by atoms with Crippen LogP contribution in [-0.4, -0.2) is 37.6 Å². The van der Waals surface area contributed by atoms with Crippen molar-refractivity contribution in [3.63, 3.8) is 0 Å². The van der Waals surface area contributed by atoms with E-state index in [1.807, 2.05) is 0 Å². The van der Waals surface area contributed by atoms with Crippen molar-refractivity contribution in [3.05, 3.63) is 0 Å². The molecular formula is C17H36N2. The van der Waals surface area contributed by atoms with Crippen molar-refractivity contribution in [1.82, 2.24) is 10.2 Å². The van der Waals surface area contributed by atoms with E-state index in [-0.39, 0.29) is 0 Å². The quantitative estimate of drug-likeness (QED) is 0.649. The second kappa shape index (κ2) is 9.77. The van der Waals surface area contributed by atoms with Crippen LogP contribution in [0.3, 0.4) is 0 Å². The highest BCUT2D eigenvalue weighted by atomic mass is 15.1. The molecule has 1 rings (SSSR count). The molecule has 0 amide bonds. The van der Waals surface area contributed by atoms with Gasteiger partial charge in [-0.15, -0.1) is 0 Å². The number of hydrogen-bond donors (Lipinski definition) is 1. The third-order valence-corrected chi connectivity index (χ3v) is 4.42. The lowest BCUT2D eigenvalue weighted by Crippen LogP contribution is -2.31. The van der Waals surface area contributed by atoms with Gasteiger partial charge in [0.1, 0.15) is 0 Å². The Labute approximate surface area is 121 Å². The highest BCUT2D eigenvalue weighted by Crippen LogP contribution is 2.20. The van der Waals surface area contributed by atoms with Crippen molar-refractivity contribution >= 4 is 0 Å². The van der Waals surface area contributed by atoms with Crippen molar-refractivity contribution in [2.75, 3.05) is 32.7 Å². The Morgan fingerprint density at radius 1 is 1.26 bits per heavy atom. The molecule has 19 heavy (non-hydrogen) atoms. The number of rotatable bonds is 10. The Balaban J connectivity index is 2.16. The fourth-order valence-corrected chi connectivity index (χ4v) is 3.10. The molecule has 0 saturated carbocycles. The van der Waals surface area contributed by atoms with Gasteiger partial charge < -0.3 is 10.2 Å². The van der Waals surface area contributed by atoms with E-state index < -0.39 is 0 Å². The van der Waals surface area contributed by atoms with Crippen molar-refractivity contribution in [2.24, 2.45) is 17.8 Å². The largest absolute Gasteiger partial charge is 0.316 e. The number of nitrogens with zero attached hydrogens (tertiary/aromatic N) is 1. The highest BCUT2D eigenvalue weighted by Gasteiger charge is 2.23. The van der Waals surface area contributed by atoms with Gasteiger partial charge in [-0.1, -0.05) is 47.0 Å². The zero-order valence-electron chi connectivity index (χ0n) is 13.8. The third kappa shape index (κ3) is 7.31. The maximum Gasteiger partial charge on any atom is 0.00224 e. The van der Waals surface area contributed by atoms with E-state index in [1.54, 1.807) is 0 Å². The maximum absolute atomic E-state index is 3.62. The monoisotopic (exact) mass is 268 g/mol. The fourth-order valence-electron chi connectivity index (χ4n) is 3.10. The zero-order valence-corrected chi connectivity index (χ0v) is 13.8. The van der Waals surface area contributed by atoms with E-state index in [4.69, 9.17) is 0 Å². The number of unbranched alkanes of at least 4 members (excludes halogenated alkanes) is 1. The number of likely N-dealkylation sites (tertiary alicyclic amines) is 1. The Morgan fingerprint density at radius 2 is 2.05 bits per heavy atom. The Hall–Kier alpha value is -0.0800. The molecule has 2 heteroatoms. The first-order valence-corrected chi connectivity index (χ1v) is 8.58. The van der Waals surface area contributed by atoms with Gasteiger partial charge in [0.2, 0.25) is 0 Å². The third-order valence-electron chi connectivity index (χ3n) is 4.42. The average molecular weight is 268 g/mol. The lowest BCUT2D eigenvalue weighted by atomic mass is 9.99. The first-order valence-electron chi connectivity index (χ1n) is 8.58. The first kappa shape index (κ1) is 17.0. The topological polar surface area (TPSA) is 15.3 Å². The summed E-state index contributed by atoms with van der Waals surface area (Å²) >= 11 is 0. The summed E-state index contributed by atoms with van der Waals surface area (Å²) in [6.45, 7) is 15.6. The van der Waals surface area contributed by atoms with Crippen LogP contribution in [0.4, 0.5) is 0 Å². The van der Waals surface area contributed by atoms with E-state index in [1.165, 1.54) is 64.8 Å². The number of nitrogens with one attached hydrogen (secondary N) is 1. The SMILES string of the molecule is CCCCC(CC)CN1CCC(CNCC(C)C)C1. The summed E-state index contributed by atoms with van der Waals surface area (Å²) in [4.78, 5) is 2.71. The molecule has 1 heterocycles. The summed E-state index contributed by atoms with van der Waals surface area (Å²) in [6, 6.07) is 0. The van der Waals surface area contributed by atoms with Crippen LogP contribution in [0.2, 0.25) is 0 Å². The summed E-state index contributed by atoms with van der Waals surface area (Å²) in [5.74, 6) is 2.60. The second-order valence-electron chi connectivity index (χ2n) is 6.88. The van der Waals surface area contributed by atoms with Crippen molar-refractivity contribution in [1.29, 1.82) is 0 Å². The van der Waals surface area contributed by atoms with Gasteiger partial charge in [0.15, 0.2) is 0 Å². The van der Waals surface area contributed by atoms with Crippen LogP contribution in [-0.2, 0) is 0 Å². The van der Waals surface area contributed by atoms with Gasteiger partial charge in [0.05, 0.1) is 0 Å². The first-order chi connectivity index (χ1) is 9.15. The van der Waals surface area contributed by atoms with E-state index in [2.05, 4.69) is 37.9 Å². The van der Waals surface area contributed by atoms with Crippen molar-refractivity contribution in [3.8, 4) is 0 Å². The number of hydrogen-bond acceptors (Lipinski definition) is 2. The minimum Gasteiger partial charge on any atom is -0.316 e. The standard InChI is InChI=1S/C17H36N2/c1-5-7-8-16(6-2)13-19-10-9-17(14-19)12-18-11-15(3)4/h15-18H,5-14H2,1-4H3. The van der Waals surface area contributed by atoms with Gasteiger partial charge in [-0.25, -0.2) is 0 Å². The van der Waals surface area contributed by atoms with Gasteiger partial charge in [-0.3, -0.25) is 0 Å². The Kier molecular flexibility index (Phi) is 8.72. The van der Waals surface area contributed by atoms with Crippen LogP contribution in [0.5, 0.6) is 0 Å². The lowest BCUT2D eigenvalue weighted by Gasteiger charge is -2.23. The summed E-state index contributed by atoms with van der Waals surface area (Å²) in [5.41, 5.74) is 0. The normalized spacial score (nSPS) is 22.3. The summed E-state index contributed by atoms with van der Waals surface area (Å²) in [5, 5.41) is 3.62. The molecule has 0 radical (unpaired) electrons. The molecule has 0 aliphatic carbocycles. The molecule has 1 saturated heterocycles. The molecule has 0 aromatic rings. The summed E-state index contributed by atoms with van der Waals surface area (Å²) < 4.78 is 0. The van der Waals surface area contributed by atoms with Crippen molar-refractivity contribution in [2.45, 2.75) is 59.8 Å². The van der Waals surface area contributed by atoms with Crippen LogP contribution >= 0.6 is 0 Å². The van der Waals surface area contributed by atoms with Crippen molar-refractivity contribution < 1.29 is 0 Å². The van der Waals surface area contributed by atoms with E-state index in [0.29, 0.717) is 0 Å². The molecule has 2 atom stereocenters. The summed E-state index contributed by atoms with van der Waals surface area (Å²) in [7, 11) is 0. The molecule has 0 bridgehead atoms. The molecule has 1 fully saturated rings. The molecule has 1 aliphatic rings. The molecule has 2 nitrogen and oxygen atoms in total. The molecule has 0 spiro atoms. The average Bonchev–Trinajstić information content (AvgIpc) is 2.81. The molecule has 0 aromatic carbocycles. The van der Waals surface area contributed by atoms with E-state index in [9.17, 15) is 0 Å². The predicted octanol–water partition coefficient (Wildman–Crippen LogP) is 3.77. The lowest BCUT2D eigenvalue weighted by molar-refractivity contribution is 0.251. The van der Waals surface area contributed by atoms with E-state index >= 15 is 0 Å². The summed E-state index contributed by atoms with van der Waals surface area (Å²) in [6.07, 6.45) is 6.94. The maximum atomic E-state index is 3.62. The van der Waals surface area contributed by atoms with Crippen LogP contribution in [0.1, 0.15) is 59.8 Å². The minimum absolute atomic E-state index is 0.774. The van der Waals surface area contributed by atoms with Gasteiger partial charge in [0, 0.05) is 13.1 Å². The van der Waals surface area contributed by atoms with Gasteiger partial charge >= 0.3 is 0 Å². The molecular weight excluding hydrogens is 232 g/mol. The van der Waals surface area contributed by atoms with Crippen LogP contribution < -0.4 is 5.32 Å². The minimum atomic E-state index is 0.774. The van der Waals surface area contributed by atoms with Crippen LogP contribution in [0.15, 0.2) is 0 Å². The molecule has 114 valence electrons. The second-order valence-corrected chi connectivity index (χ2v) is 6.88. The molecule has 1 N–H and O–H groups in total. The van der Waals surface area contributed by atoms with Gasteiger partial charge in [0.25, 0.3) is 0 Å². The highest BCUT2D eigenvalue weighted by molar-refractivity contribution is 4.79. The zero-order chi connectivity index (χ0) is 14.1. The van der Waals surface area contributed by atoms with Gasteiger partial charge in [-0.05, 0) is 50.2 Å². The predicted molar refractivity (Wildman–Crippen MR) is 85.6 cm³/mol. The molecule has 0 aromatic heterocycles. The van der Waals surface area contributed by atoms with E-state index in [0.717, 1.165) is 17.8 Å². The van der Waals surface area contributed by atoms with Crippen LogP contribution in [0, 0.1) is 17.8 Å².